The highest BCUT2D eigenvalue weighted by atomic mass is 16.5. The van der Waals surface area contributed by atoms with E-state index in [1.54, 1.807) is 17.9 Å². The molecule has 0 aliphatic carbocycles. The molecule has 1 N–H and O–H groups in total. The molecule has 2 amide bonds. The van der Waals surface area contributed by atoms with Crippen molar-refractivity contribution in [2.24, 2.45) is 17.8 Å². The summed E-state index contributed by atoms with van der Waals surface area (Å²) < 4.78 is 11.2. The van der Waals surface area contributed by atoms with Crippen molar-refractivity contribution in [1.29, 1.82) is 0 Å². The number of nitrogens with one attached hydrogen (secondary N) is 1. The fourth-order valence-corrected chi connectivity index (χ4v) is 4.07. The van der Waals surface area contributed by atoms with Crippen molar-refractivity contribution < 1.29 is 18.8 Å². The van der Waals surface area contributed by atoms with Crippen LogP contribution in [-0.4, -0.2) is 41.8 Å². The molecule has 1 aromatic heterocycles. The minimum atomic E-state index is -0.728. The first-order valence-electron chi connectivity index (χ1n) is 8.81. The number of hydrogen-bond acceptors (Lipinski definition) is 5. The molecule has 7 heteroatoms. The van der Waals surface area contributed by atoms with Gasteiger partial charge in [0.15, 0.2) is 5.82 Å². The van der Waals surface area contributed by atoms with Crippen LogP contribution in [0, 0.1) is 24.7 Å². The predicted octanol–water partition coefficient (Wildman–Crippen LogP) is 1.43. The zero-order valence-electron chi connectivity index (χ0n) is 14.7. The molecule has 1 spiro atoms. The van der Waals surface area contributed by atoms with E-state index in [0.717, 1.165) is 6.42 Å². The highest BCUT2D eigenvalue weighted by Gasteiger charge is 2.67. The molecule has 25 heavy (non-hydrogen) atoms. The van der Waals surface area contributed by atoms with Gasteiger partial charge in [-0.05, 0) is 19.3 Å². The van der Waals surface area contributed by atoms with E-state index in [9.17, 15) is 9.59 Å². The minimum absolute atomic E-state index is 0.103. The number of hydrogen-bond donors (Lipinski definition) is 1. The van der Waals surface area contributed by atoms with Gasteiger partial charge in [-0.15, -0.1) is 0 Å². The Labute approximate surface area is 146 Å². The first-order valence-corrected chi connectivity index (χ1v) is 8.81. The molecule has 2 fully saturated rings. The molecular formula is C18H23N3O4. The lowest BCUT2D eigenvalue weighted by atomic mass is 9.77. The van der Waals surface area contributed by atoms with Crippen molar-refractivity contribution >= 4 is 17.6 Å². The Morgan fingerprint density at radius 1 is 1.52 bits per heavy atom. The second-order valence-corrected chi connectivity index (χ2v) is 7.59. The van der Waals surface area contributed by atoms with E-state index in [1.165, 1.54) is 0 Å². The molecular weight excluding hydrogens is 322 g/mol. The maximum atomic E-state index is 13.0. The summed E-state index contributed by atoms with van der Waals surface area (Å²) in [6.45, 7) is 6.99. The van der Waals surface area contributed by atoms with Crippen molar-refractivity contribution in [2.45, 2.75) is 38.9 Å². The molecule has 0 aromatic carbocycles. The fourth-order valence-electron chi connectivity index (χ4n) is 4.07. The molecule has 2 bridgehead atoms. The highest BCUT2D eigenvalue weighted by molar-refractivity contribution is 6.02. The van der Waals surface area contributed by atoms with Crippen LogP contribution in [0.1, 0.15) is 26.0 Å². The Morgan fingerprint density at radius 3 is 3.00 bits per heavy atom. The lowest BCUT2D eigenvalue weighted by Gasteiger charge is -2.23. The fraction of sp³-hybridized carbons (Fsp3) is 0.611. The van der Waals surface area contributed by atoms with Crippen LogP contribution in [-0.2, 0) is 14.3 Å². The van der Waals surface area contributed by atoms with Crippen LogP contribution in [0.15, 0.2) is 22.7 Å². The molecule has 4 rings (SSSR count). The van der Waals surface area contributed by atoms with Crippen LogP contribution in [0.25, 0.3) is 0 Å². The molecule has 2 saturated heterocycles. The number of amides is 2. The smallest absolute Gasteiger partial charge is 0.235 e. The predicted molar refractivity (Wildman–Crippen MR) is 89.8 cm³/mol. The first kappa shape index (κ1) is 16.3. The van der Waals surface area contributed by atoms with Gasteiger partial charge in [0.1, 0.15) is 11.4 Å². The van der Waals surface area contributed by atoms with Gasteiger partial charge in [0.05, 0.1) is 24.5 Å². The quantitative estimate of drug-likeness (QED) is 0.816. The Morgan fingerprint density at radius 2 is 2.32 bits per heavy atom. The number of ether oxygens (including phenoxy) is 1. The molecule has 0 saturated carbocycles. The van der Waals surface area contributed by atoms with Crippen molar-refractivity contribution in [2.75, 3.05) is 18.0 Å². The number of fused-ring (bicyclic) bond motifs is 1. The van der Waals surface area contributed by atoms with Gasteiger partial charge in [0.2, 0.25) is 11.8 Å². The van der Waals surface area contributed by atoms with Crippen molar-refractivity contribution in [1.82, 2.24) is 10.5 Å². The average molecular weight is 345 g/mol. The maximum Gasteiger partial charge on any atom is 0.235 e. The van der Waals surface area contributed by atoms with E-state index in [4.69, 9.17) is 9.26 Å². The number of carbonyl (C=O) groups is 2. The largest absolute Gasteiger partial charge is 0.360 e. The minimum Gasteiger partial charge on any atom is -0.360 e. The number of rotatable bonds is 5. The standard InChI is InChI=1S/C18H23N3O4/c1-10(2)5-7-19-16(22)14-12-4-6-18(24-12)9-21(17(23)15(14)18)13-8-11(3)25-20-13/h4,6,8,10,12,14-15H,5,7,9H2,1-3H3,(H,19,22)/t12?,14?,15?,18-/m0/s1. The number of aromatic nitrogens is 1. The van der Waals surface area contributed by atoms with Gasteiger partial charge in [-0.1, -0.05) is 31.2 Å². The highest BCUT2D eigenvalue weighted by Crippen LogP contribution is 2.52. The summed E-state index contributed by atoms with van der Waals surface area (Å²) >= 11 is 0. The van der Waals surface area contributed by atoms with Gasteiger partial charge in [0.25, 0.3) is 0 Å². The number of nitrogens with zero attached hydrogens (tertiary/aromatic N) is 2. The van der Waals surface area contributed by atoms with Crippen LogP contribution >= 0.6 is 0 Å². The number of aryl methyl sites for hydroxylation is 1. The van der Waals surface area contributed by atoms with Gasteiger partial charge in [0, 0.05) is 12.6 Å². The molecule has 0 radical (unpaired) electrons. The van der Waals surface area contributed by atoms with Crippen LogP contribution in [0.4, 0.5) is 5.82 Å². The van der Waals surface area contributed by atoms with Crippen molar-refractivity contribution in [3.05, 3.63) is 24.0 Å². The molecule has 134 valence electrons. The zero-order chi connectivity index (χ0) is 17.8. The normalized spacial score (nSPS) is 32.7. The molecule has 7 nitrogen and oxygen atoms in total. The second-order valence-electron chi connectivity index (χ2n) is 7.59. The average Bonchev–Trinajstić information content (AvgIpc) is 3.28. The summed E-state index contributed by atoms with van der Waals surface area (Å²) in [4.78, 5) is 27.3. The zero-order valence-corrected chi connectivity index (χ0v) is 14.7. The van der Waals surface area contributed by atoms with Crippen LogP contribution < -0.4 is 10.2 Å². The lowest BCUT2D eigenvalue weighted by Crippen LogP contribution is -2.44. The molecule has 3 aliphatic rings. The van der Waals surface area contributed by atoms with Gasteiger partial charge >= 0.3 is 0 Å². The van der Waals surface area contributed by atoms with Crippen molar-refractivity contribution in [3.63, 3.8) is 0 Å². The maximum absolute atomic E-state index is 13.0. The summed E-state index contributed by atoms with van der Waals surface area (Å²) in [5, 5.41) is 6.91. The SMILES string of the molecule is Cc1cc(N2C[C@]34C=CC(O3)C(C(=O)NCCC(C)C)C4C2=O)no1. The summed E-state index contributed by atoms with van der Waals surface area (Å²) in [5.41, 5.74) is -0.728. The monoisotopic (exact) mass is 345 g/mol. The van der Waals surface area contributed by atoms with Gasteiger partial charge in [-0.2, -0.15) is 0 Å². The summed E-state index contributed by atoms with van der Waals surface area (Å²) in [7, 11) is 0. The van der Waals surface area contributed by atoms with Crippen LogP contribution in [0.2, 0.25) is 0 Å². The summed E-state index contributed by atoms with van der Waals surface area (Å²) in [6, 6.07) is 1.73. The third kappa shape index (κ3) is 2.49. The third-order valence-electron chi connectivity index (χ3n) is 5.32. The van der Waals surface area contributed by atoms with Gasteiger partial charge in [-0.3, -0.25) is 14.5 Å². The number of anilines is 1. The van der Waals surface area contributed by atoms with E-state index < -0.39 is 17.4 Å². The lowest BCUT2D eigenvalue weighted by molar-refractivity contribution is -0.131. The third-order valence-corrected chi connectivity index (χ3v) is 5.32. The Balaban J connectivity index is 1.55. The van der Waals surface area contributed by atoms with E-state index in [1.807, 2.05) is 12.2 Å². The first-order chi connectivity index (χ1) is 11.9. The summed E-state index contributed by atoms with van der Waals surface area (Å²) in [5.74, 6) is 0.424. The van der Waals surface area contributed by atoms with Crippen LogP contribution in [0.5, 0.6) is 0 Å². The topological polar surface area (TPSA) is 84.7 Å². The number of carbonyl (C=O) groups excluding carboxylic acids is 2. The van der Waals surface area contributed by atoms with E-state index >= 15 is 0 Å². The molecule has 4 atom stereocenters. The van der Waals surface area contributed by atoms with Gasteiger partial charge < -0.3 is 14.6 Å². The molecule has 1 aromatic rings. The second kappa shape index (κ2) is 5.69. The Kier molecular flexibility index (Phi) is 3.72. The van der Waals surface area contributed by atoms with E-state index in [-0.39, 0.29) is 17.9 Å². The van der Waals surface area contributed by atoms with E-state index in [0.29, 0.717) is 30.6 Å². The van der Waals surface area contributed by atoms with Crippen molar-refractivity contribution in [3.8, 4) is 0 Å². The van der Waals surface area contributed by atoms with Gasteiger partial charge in [-0.25, -0.2) is 0 Å². The van der Waals surface area contributed by atoms with Crippen LogP contribution in [0.3, 0.4) is 0 Å². The Hall–Kier alpha value is -2.15. The molecule has 3 aliphatic heterocycles. The summed E-state index contributed by atoms with van der Waals surface area (Å²) in [6.07, 6.45) is 4.43. The Bertz CT molecular complexity index is 740. The molecule has 3 unspecified atom stereocenters. The van der Waals surface area contributed by atoms with E-state index in [2.05, 4.69) is 24.3 Å². The molecule has 4 heterocycles.